The zero-order chi connectivity index (χ0) is 22.2. The van der Waals surface area contributed by atoms with Crippen LogP contribution in [0, 0.1) is 5.92 Å². The van der Waals surface area contributed by atoms with Crippen molar-refractivity contribution in [1.29, 1.82) is 0 Å². The third kappa shape index (κ3) is 5.16. The second kappa shape index (κ2) is 11.1. The highest BCUT2D eigenvalue weighted by atomic mass is 16.5. The molecule has 5 nitrogen and oxygen atoms in total. The van der Waals surface area contributed by atoms with E-state index in [0.29, 0.717) is 47.0 Å². The van der Waals surface area contributed by atoms with E-state index in [4.69, 9.17) is 4.74 Å². The van der Waals surface area contributed by atoms with Crippen molar-refractivity contribution in [3.05, 3.63) is 58.7 Å². The number of unbranched alkanes of at least 4 members (excludes halogenated alkanes) is 1. The number of rotatable bonds is 12. The number of nitrogens with one attached hydrogen (secondary N) is 2. The number of anilines is 2. The van der Waals surface area contributed by atoms with Gasteiger partial charge >= 0.3 is 0 Å². The third-order valence-corrected chi connectivity index (χ3v) is 6.04. The second-order valence-electron chi connectivity index (χ2n) is 8.19. The van der Waals surface area contributed by atoms with Gasteiger partial charge in [0.1, 0.15) is 0 Å². The predicted molar refractivity (Wildman–Crippen MR) is 127 cm³/mol. The first kappa shape index (κ1) is 23.0. The molecule has 3 rings (SSSR count). The molecular formula is C26H34N2O3. The van der Waals surface area contributed by atoms with E-state index in [1.807, 2.05) is 24.3 Å². The van der Waals surface area contributed by atoms with Crippen molar-refractivity contribution in [1.82, 2.24) is 0 Å². The summed E-state index contributed by atoms with van der Waals surface area (Å²) in [5, 5.41) is 6.84. The van der Waals surface area contributed by atoms with Crippen LogP contribution in [-0.2, 0) is 4.74 Å². The van der Waals surface area contributed by atoms with E-state index < -0.39 is 0 Å². The van der Waals surface area contributed by atoms with Crippen LogP contribution in [-0.4, -0.2) is 38.4 Å². The van der Waals surface area contributed by atoms with Crippen LogP contribution in [0.1, 0.15) is 77.8 Å². The molecule has 0 bridgehead atoms. The van der Waals surface area contributed by atoms with Gasteiger partial charge in [-0.15, -0.1) is 0 Å². The number of ketones is 2. The monoisotopic (exact) mass is 422 g/mol. The Kier molecular flexibility index (Phi) is 8.24. The highest BCUT2D eigenvalue weighted by Gasteiger charge is 2.33. The van der Waals surface area contributed by atoms with Gasteiger partial charge in [-0.1, -0.05) is 57.4 Å². The summed E-state index contributed by atoms with van der Waals surface area (Å²) in [5.41, 5.74) is 3.39. The normalized spacial score (nSPS) is 13.5. The Morgan fingerprint density at radius 3 is 2.03 bits per heavy atom. The fraction of sp³-hybridized carbons (Fsp3) is 0.462. The number of carbonyl (C=O) groups excluding carboxylic acids is 2. The Balaban J connectivity index is 1.94. The molecule has 166 valence electrons. The van der Waals surface area contributed by atoms with Crippen LogP contribution in [0.25, 0.3) is 0 Å². The van der Waals surface area contributed by atoms with Gasteiger partial charge in [-0.05, 0) is 30.9 Å². The van der Waals surface area contributed by atoms with Gasteiger partial charge in [0.05, 0.1) is 11.1 Å². The van der Waals surface area contributed by atoms with E-state index in [0.717, 1.165) is 31.5 Å². The lowest BCUT2D eigenvalue weighted by atomic mass is 9.82. The summed E-state index contributed by atoms with van der Waals surface area (Å²) in [6.07, 6.45) is 5.45. The highest BCUT2D eigenvalue weighted by molar-refractivity contribution is 6.31. The van der Waals surface area contributed by atoms with E-state index in [2.05, 4.69) is 24.5 Å². The van der Waals surface area contributed by atoms with Crippen molar-refractivity contribution in [3.63, 3.8) is 0 Å². The molecule has 0 spiro atoms. The first-order chi connectivity index (χ1) is 15.1. The highest BCUT2D eigenvalue weighted by Crippen LogP contribution is 2.36. The van der Waals surface area contributed by atoms with Crippen LogP contribution in [0.3, 0.4) is 0 Å². The van der Waals surface area contributed by atoms with E-state index in [1.165, 1.54) is 12.8 Å². The molecule has 2 aromatic rings. The average molecular weight is 423 g/mol. The molecule has 2 N–H and O–H groups in total. The van der Waals surface area contributed by atoms with Crippen LogP contribution >= 0.6 is 0 Å². The molecule has 0 aromatic heterocycles. The van der Waals surface area contributed by atoms with E-state index in [9.17, 15) is 9.59 Å². The lowest BCUT2D eigenvalue weighted by Crippen LogP contribution is -2.25. The Bertz CT molecular complexity index is 923. The smallest absolute Gasteiger partial charge is 0.196 e. The third-order valence-electron chi connectivity index (χ3n) is 6.04. The van der Waals surface area contributed by atoms with Crippen LogP contribution in [0.4, 0.5) is 11.4 Å². The van der Waals surface area contributed by atoms with Gasteiger partial charge in [0.25, 0.3) is 0 Å². The van der Waals surface area contributed by atoms with Crippen LogP contribution in [0.5, 0.6) is 0 Å². The summed E-state index contributed by atoms with van der Waals surface area (Å²) in [4.78, 5) is 26.9. The Morgan fingerprint density at radius 2 is 1.48 bits per heavy atom. The Labute approximate surface area is 185 Å². The maximum Gasteiger partial charge on any atom is 0.196 e. The minimum Gasteiger partial charge on any atom is -0.385 e. The first-order valence-electron chi connectivity index (χ1n) is 11.4. The fourth-order valence-electron chi connectivity index (χ4n) is 4.15. The molecule has 0 aliphatic heterocycles. The maximum atomic E-state index is 13.4. The number of carbonyl (C=O) groups is 2. The number of benzene rings is 2. The van der Waals surface area contributed by atoms with Crippen molar-refractivity contribution in [3.8, 4) is 0 Å². The molecule has 2 aromatic carbocycles. The first-order valence-corrected chi connectivity index (χ1v) is 11.4. The van der Waals surface area contributed by atoms with Gasteiger partial charge in [-0.25, -0.2) is 0 Å². The average Bonchev–Trinajstić information content (AvgIpc) is 2.80. The van der Waals surface area contributed by atoms with Crippen molar-refractivity contribution >= 4 is 22.9 Å². The topological polar surface area (TPSA) is 67.4 Å². The van der Waals surface area contributed by atoms with E-state index in [-0.39, 0.29) is 11.6 Å². The van der Waals surface area contributed by atoms with E-state index in [1.54, 1.807) is 19.2 Å². The minimum atomic E-state index is -0.0962. The number of methoxy groups -OCH3 is 1. The summed E-state index contributed by atoms with van der Waals surface area (Å²) < 4.78 is 5.12. The molecule has 5 heteroatoms. The number of hydrogen-bond acceptors (Lipinski definition) is 5. The van der Waals surface area contributed by atoms with Gasteiger partial charge in [0.2, 0.25) is 0 Å². The summed E-state index contributed by atoms with van der Waals surface area (Å²) >= 11 is 0. The number of hydrogen-bond donors (Lipinski definition) is 2. The molecule has 0 fully saturated rings. The molecule has 0 radical (unpaired) electrons. The lowest BCUT2D eigenvalue weighted by Gasteiger charge is -2.25. The molecule has 1 atom stereocenters. The van der Waals surface area contributed by atoms with Gasteiger partial charge in [-0.3, -0.25) is 9.59 Å². The Hall–Kier alpha value is -2.66. The van der Waals surface area contributed by atoms with Crippen molar-refractivity contribution < 1.29 is 14.3 Å². The number of fused-ring (bicyclic) bond motifs is 2. The zero-order valence-corrected chi connectivity index (χ0v) is 18.9. The van der Waals surface area contributed by atoms with Crippen LogP contribution in [0.2, 0.25) is 0 Å². The predicted octanol–water partition coefficient (Wildman–Crippen LogP) is 5.54. The van der Waals surface area contributed by atoms with E-state index >= 15 is 0 Å². The van der Waals surface area contributed by atoms with Crippen molar-refractivity contribution in [2.75, 3.05) is 37.4 Å². The largest absolute Gasteiger partial charge is 0.385 e. The Morgan fingerprint density at radius 1 is 0.871 bits per heavy atom. The van der Waals surface area contributed by atoms with Crippen molar-refractivity contribution in [2.24, 2.45) is 5.92 Å². The molecule has 0 saturated heterocycles. The van der Waals surface area contributed by atoms with Gasteiger partial charge in [0.15, 0.2) is 11.6 Å². The molecule has 0 heterocycles. The fourth-order valence-corrected chi connectivity index (χ4v) is 4.15. The van der Waals surface area contributed by atoms with Crippen LogP contribution in [0.15, 0.2) is 36.4 Å². The lowest BCUT2D eigenvalue weighted by molar-refractivity contribution is 0.0980. The zero-order valence-electron chi connectivity index (χ0n) is 18.9. The van der Waals surface area contributed by atoms with Gasteiger partial charge in [-0.2, -0.15) is 0 Å². The van der Waals surface area contributed by atoms with Gasteiger partial charge < -0.3 is 15.4 Å². The molecule has 0 saturated carbocycles. The summed E-state index contributed by atoms with van der Waals surface area (Å²) in [5.74, 6) is 0.361. The molecule has 1 aliphatic rings. The van der Waals surface area contributed by atoms with Crippen LogP contribution < -0.4 is 10.6 Å². The van der Waals surface area contributed by atoms with Crippen molar-refractivity contribution in [2.45, 2.75) is 46.0 Å². The quantitative estimate of drug-likeness (QED) is 0.375. The summed E-state index contributed by atoms with van der Waals surface area (Å²) in [7, 11) is 1.67. The molecule has 31 heavy (non-hydrogen) atoms. The molecule has 0 amide bonds. The SMILES string of the molecule is CCCC[C@@H](CC)CNc1ccc(NCCCOC)c2c1C(=O)c1ccccc1C2=O. The molecule has 0 unspecified atom stereocenters. The minimum absolute atomic E-state index is 0.0881. The second-order valence-corrected chi connectivity index (χ2v) is 8.19. The molecular weight excluding hydrogens is 388 g/mol. The standard InChI is InChI=1S/C26H34N2O3/c1-4-6-10-18(5-2)17-28-22-14-13-21(27-15-9-16-31-3)23-24(22)26(30)20-12-8-7-11-19(20)25(23)29/h7-8,11-14,18,27-28H,4-6,9-10,15-17H2,1-3H3/t18-/m1/s1. The number of ether oxygens (including phenoxy) is 1. The molecule has 1 aliphatic carbocycles. The summed E-state index contributed by atoms with van der Waals surface area (Å²) in [6.45, 7) is 6.52. The maximum absolute atomic E-state index is 13.4. The van der Waals surface area contributed by atoms with Gasteiger partial charge in [0, 0.05) is 49.3 Å². The summed E-state index contributed by atoms with van der Waals surface area (Å²) in [6, 6.07) is 11.0.